The van der Waals surface area contributed by atoms with Gasteiger partial charge in [0.1, 0.15) is 11.9 Å². The van der Waals surface area contributed by atoms with Crippen molar-refractivity contribution in [2.45, 2.75) is 63.6 Å². The van der Waals surface area contributed by atoms with Crippen molar-refractivity contribution in [3.63, 3.8) is 0 Å². The highest BCUT2D eigenvalue weighted by Gasteiger charge is 2.41. The lowest BCUT2D eigenvalue weighted by Gasteiger charge is -2.22. The van der Waals surface area contributed by atoms with Crippen LogP contribution in [0.5, 0.6) is 0 Å². The molecule has 5 nitrogen and oxygen atoms in total. The Balaban J connectivity index is 1.68. The van der Waals surface area contributed by atoms with Crippen LogP contribution in [0.4, 0.5) is 10.1 Å². The zero-order valence-electron chi connectivity index (χ0n) is 15.4. The summed E-state index contributed by atoms with van der Waals surface area (Å²) in [6.45, 7) is 0. The van der Waals surface area contributed by atoms with Gasteiger partial charge in [0, 0.05) is 21.7 Å². The van der Waals surface area contributed by atoms with Crippen LogP contribution in [0.1, 0.15) is 63.0 Å². The molecule has 1 aromatic carbocycles. The molecule has 0 spiro atoms. The van der Waals surface area contributed by atoms with Crippen molar-refractivity contribution >= 4 is 35.4 Å². The quantitative estimate of drug-likeness (QED) is 0.537. The first kappa shape index (κ1) is 19.3. The van der Waals surface area contributed by atoms with Gasteiger partial charge >= 0.3 is 0 Å². The molecule has 4 rings (SSSR count). The van der Waals surface area contributed by atoms with E-state index in [1.807, 2.05) is 0 Å². The van der Waals surface area contributed by atoms with Gasteiger partial charge in [0.2, 0.25) is 0 Å². The third-order valence-electron chi connectivity index (χ3n) is 5.77. The lowest BCUT2D eigenvalue weighted by molar-refractivity contribution is -0.122. The molecule has 7 heteroatoms. The average molecular weight is 406 g/mol. The number of carbonyl (C=O) groups is 3. The molecule has 1 heterocycles. The smallest absolute Gasteiger partial charge is 0.261 e. The van der Waals surface area contributed by atoms with E-state index in [2.05, 4.69) is 0 Å². The molecule has 148 valence electrons. The van der Waals surface area contributed by atoms with E-state index in [9.17, 15) is 18.8 Å². The average Bonchev–Trinajstić information content (AvgIpc) is 3.29. The predicted octanol–water partition coefficient (Wildman–Crippen LogP) is 4.42. The Hall–Kier alpha value is -2.05. The summed E-state index contributed by atoms with van der Waals surface area (Å²) in [6.07, 6.45) is 6.11. The van der Waals surface area contributed by atoms with Crippen LogP contribution in [0.25, 0.3) is 0 Å². The topological polar surface area (TPSA) is 63.7 Å². The minimum atomic E-state index is -0.967. The molecule has 2 amide bonds. The molecular formula is C21H21ClFNO4. The Morgan fingerprint density at radius 2 is 1.68 bits per heavy atom. The van der Waals surface area contributed by atoms with Crippen LogP contribution >= 0.6 is 11.6 Å². The number of hydrogen-bond donors (Lipinski definition) is 0. The normalized spacial score (nSPS) is 21.4. The van der Waals surface area contributed by atoms with Crippen LogP contribution in [0.2, 0.25) is 5.02 Å². The minimum absolute atomic E-state index is 0.0353. The molecule has 1 atom stereocenters. The third kappa shape index (κ3) is 3.29. The molecule has 28 heavy (non-hydrogen) atoms. The van der Waals surface area contributed by atoms with Gasteiger partial charge in [-0.1, -0.05) is 24.4 Å². The lowest BCUT2D eigenvalue weighted by Crippen LogP contribution is -2.32. The van der Waals surface area contributed by atoms with E-state index in [1.54, 1.807) is 0 Å². The fraction of sp³-hybridized carbons (Fsp3) is 0.476. The summed E-state index contributed by atoms with van der Waals surface area (Å²) in [4.78, 5) is 38.1. The first-order chi connectivity index (χ1) is 13.5. The van der Waals surface area contributed by atoms with Crippen LogP contribution in [0.15, 0.2) is 23.3 Å². The number of aldehydes is 1. The second-order valence-corrected chi connectivity index (χ2v) is 7.94. The number of nitrogens with zero attached hydrogens (tertiary/aromatic N) is 1. The Bertz CT molecular complexity index is 847. The number of halogens is 2. The van der Waals surface area contributed by atoms with Crippen LogP contribution < -0.4 is 4.90 Å². The maximum absolute atomic E-state index is 14.7. The van der Waals surface area contributed by atoms with Gasteiger partial charge in [-0.25, -0.2) is 9.29 Å². The third-order valence-corrected chi connectivity index (χ3v) is 6.10. The molecule has 1 fully saturated rings. The number of anilines is 1. The molecule has 0 bridgehead atoms. The Morgan fingerprint density at radius 3 is 2.25 bits per heavy atom. The van der Waals surface area contributed by atoms with Crippen molar-refractivity contribution in [1.29, 1.82) is 0 Å². The highest BCUT2D eigenvalue weighted by Crippen LogP contribution is 2.39. The molecule has 3 aliphatic rings. The van der Waals surface area contributed by atoms with Crippen molar-refractivity contribution in [3.8, 4) is 0 Å². The Labute approximate surface area is 167 Å². The zero-order valence-corrected chi connectivity index (χ0v) is 16.1. The van der Waals surface area contributed by atoms with Crippen LogP contribution in [-0.4, -0.2) is 24.2 Å². The van der Waals surface area contributed by atoms with Gasteiger partial charge in [-0.2, -0.15) is 0 Å². The molecule has 2 aliphatic carbocycles. The van der Waals surface area contributed by atoms with Crippen LogP contribution in [0, 0.1) is 5.82 Å². The maximum Gasteiger partial charge on any atom is 0.261 e. The van der Waals surface area contributed by atoms with E-state index in [0.717, 1.165) is 49.5 Å². The second-order valence-electron chi connectivity index (χ2n) is 7.53. The van der Waals surface area contributed by atoms with Crippen molar-refractivity contribution in [3.05, 3.63) is 39.7 Å². The summed E-state index contributed by atoms with van der Waals surface area (Å²) in [6, 6.07) is 2.35. The summed E-state index contributed by atoms with van der Waals surface area (Å²) >= 11 is 6.18. The minimum Gasteiger partial charge on any atom is -0.363 e. The maximum atomic E-state index is 14.7. The van der Waals surface area contributed by atoms with E-state index in [-0.39, 0.29) is 22.4 Å². The molecule has 1 aliphatic heterocycles. The largest absolute Gasteiger partial charge is 0.363 e. The number of carbonyl (C=O) groups excluding carboxylic acids is 3. The molecular weight excluding hydrogens is 385 g/mol. The van der Waals surface area contributed by atoms with Gasteiger partial charge in [0.05, 0.1) is 11.8 Å². The van der Waals surface area contributed by atoms with Gasteiger partial charge in [-0.3, -0.25) is 9.59 Å². The van der Waals surface area contributed by atoms with Gasteiger partial charge in [0.25, 0.3) is 11.8 Å². The highest BCUT2D eigenvalue weighted by atomic mass is 35.5. The molecule has 1 aromatic rings. The number of amides is 2. The first-order valence-electron chi connectivity index (χ1n) is 9.71. The summed E-state index contributed by atoms with van der Waals surface area (Å²) < 4.78 is 20.6. The summed E-state index contributed by atoms with van der Waals surface area (Å²) in [5, 5.41) is 0.0353. The Kier molecular flexibility index (Phi) is 5.34. The van der Waals surface area contributed by atoms with Crippen molar-refractivity contribution in [2.24, 2.45) is 0 Å². The van der Waals surface area contributed by atoms with Crippen LogP contribution in [-0.2, 0) is 19.1 Å². The number of imide groups is 1. The SMILES string of the molecule is O=CC(OC1CCCC1)c1cc(N2C(=O)C3=C(CCCC3)C2=O)c(F)cc1Cl. The molecule has 0 aromatic heterocycles. The summed E-state index contributed by atoms with van der Waals surface area (Å²) in [5.74, 6) is -1.74. The summed E-state index contributed by atoms with van der Waals surface area (Å²) in [7, 11) is 0. The highest BCUT2D eigenvalue weighted by molar-refractivity contribution is 6.34. The van der Waals surface area contributed by atoms with E-state index < -0.39 is 23.7 Å². The molecule has 0 radical (unpaired) electrons. The Morgan fingerprint density at radius 1 is 1.07 bits per heavy atom. The van der Waals surface area contributed by atoms with Gasteiger partial charge in [-0.15, -0.1) is 0 Å². The fourth-order valence-electron chi connectivity index (χ4n) is 4.31. The first-order valence-corrected chi connectivity index (χ1v) is 10.1. The summed E-state index contributed by atoms with van der Waals surface area (Å²) in [5.41, 5.74) is 1.04. The standard InChI is InChI=1S/C21H21ClFNO4/c22-16-10-17(23)18(9-15(16)19(11-25)28-12-5-1-2-6-12)24-20(26)13-7-3-4-8-14(13)21(24)27/h9-12,19H,1-8H2. The molecule has 1 saturated carbocycles. The number of benzene rings is 1. The zero-order chi connectivity index (χ0) is 19.8. The predicted molar refractivity (Wildman–Crippen MR) is 102 cm³/mol. The van der Waals surface area contributed by atoms with Crippen LogP contribution in [0.3, 0.4) is 0 Å². The van der Waals surface area contributed by atoms with E-state index in [0.29, 0.717) is 30.3 Å². The van der Waals surface area contributed by atoms with Gasteiger partial charge in [-0.05, 0) is 50.7 Å². The van der Waals surface area contributed by atoms with Crippen molar-refractivity contribution < 1.29 is 23.5 Å². The van der Waals surface area contributed by atoms with Crippen molar-refractivity contribution in [1.82, 2.24) is 0 Å². The number of hydrogen-bond acceptors (Lipinski definition) is 4. The van der Waals surface area contributed by atoms with E-state index in [1.165, 1.54) is 6.07 Å². The second kappa shape index (κ2) is 7.76. The number of rotatable bonds is 5. The molecule has 0 saturated heterocycles. The van der Waals surface area contributed by atoms with E-state index >= 15 is 0 Å². The molecule has 0 N–H and O–H groups in total. The monoisotopic (exact) mass is 405 g/mol. The fourth-order valence-corrected chi connectivity index (χ4v) is 4.57. The van der Waals surface area contributed by atoms with Gasteiger partial charge in [0.15, 0.2) is 6.29 Å². The molecule has 1 unspecified atom stereocenters. The van der Waals surface area contributed by atoms with E-state index in [4.69, 9.17) is 16.3 Å². The van der Waals surface area contributed by atoms with Gasteiger partial charge < -0.3 is 9.53 Å². The lowest BCUT2D eigenvalue weighted by atomic mass is 9.93. The number of ether oxygens (including phenoxy) is 1. The van der Waals surface area contributed by atoms with Crippen molar-refractivity contribution in [2.75, 3.05) is 4.90 Å².